The van der Waals surface area contributed by atoms with E-state index in [1.165, 1.54) is 0 Å². The van der Waals surface area contributed by atoms with Gasteiger partial charge in [-0.15, -0.1) is 0 Å². The van der Waals surface area contributed by atoms with Crippen molar-refractivity contribution in [1.29, 1.82) is 0 Å². The maximum atomic E-state index is 12.6. The molecule has 1 heterocycles. The molecule has 0 spiro atoms. The van der Waals surface area contributed by atoms with Crippen LogP contribution in [0.4, 0.5) is 0 Å². The number of rotatable bonds is 3. The first-order valence-electron chi connectivity index (χ1n) is 6.95. The Labute approximate surface area is 114 Å². The summed E-state index contributed by atoms with van der Waals surface area (Å²) in [4.78, 5) is 26.2. The van der Waals surface area contributed by atoms with Gasteiger partial charge in [0.2, 0.25) is 5.91 Å². The lowest BCUT2D eigenvalue weighted by atomic mass is 9.96. The molecule has 1 amide bonds. The SMILES string of the molecule is CCC(=O)N1CCCC1C(=O)c1ccc(C)cc1C. The first kappa shape index (κ1) is 13.8. The zero-order valence-corrected chi connectivity index (χ0v) is 11.9. The second-order valence-electron chi connectivity index (χ2n) is 5.28. The lowest BCUT2D eigenvalue weighted by molar-refractivity contribution is -0.131. The van der Waals surface area contributed by atoms with E-state index in [4.69, 9.17) is 0 Å². The predicted molar refractivity (Wildman–Crippen MR) is 75.3 cm³/mol. The monoisotopic (exact) mass is 259 g/mol. The fraction of sp³-hybridized carbons (Fsp3) is 0.500. The van der Waals surface area contributed by atoms with Crippen molar-refractivity contribution in [2.24, 2.45) is 0 Å². The Kier molecular flexibility index (Phi) is 4.03. The molecule has 0 saturated carbocycles. The first-order valence-corrected chi connectivity index (χ1v) is 6.95. The van der Waals surface area contributed by atoms with Crippen LogP contribution in [0.5, 0.6) is 0 Å². The highest BCUT2D eigenvalue weighted by atomic mass is 16.2. The Bertz CT molecular complexity index is 507. The van der Waals surface area contributed by atoms with E-state index in [1.807, 2.05) is 39.0 Å². The fourth-order valence-corrected chi connectivity index (χ4v) is 2.81. The van der Waals surface area contributed by atoms with Crippen LogP contribution in [-0.2, 0) is 4.79 Å². The molecule has 1 aliphatic rings. The normalized spacial score (nSPS) is 18.7. The minimum absolute atomic E-state index is 0.0839. The van der Waals surface area contributed by atoms with Crippen LogP contribution in [0.25, 0.3) is 0 Å². The van der Waals surface area contributed by atoms with Gasteiger partial charge in [0.15, 0.2) is 5.78 Å². The summed E-state index contributed by atoms with van der Waals surface area (Å²) in [6.45, 7) is 6.54. The summed E-state index contributed by atoms with van der Waals surface area (Å²) in [5, 5.41) is 0. The maximum absolute atomic E-state index is 12.6. The Morgan fingerprint density at radius 1 is 1.32 bits per heavy atom. The molecular formula is C16H21NO2. The van der Waals surface area contributed by atoms with E-state index in [9.17, 15) is 9.59 Å². The van der Waals surface area contributed by atoms with Crippen LogP contribution in [0.1, 0.15) is 47.7 Å². The van der Waals surface area contributed by atoms with Gasteiger partial charge in [-0.1, -0.05) is 30.7 Å². The number of aryl methyl sites for hydroxylation is 2. The molecule has 2 rings (SSSR count). The molecule has 0 aliphatic carbocycles. The maximum Gasteiger partial charge on any atom is 0.222 e. The van der Waals surface area contributed by atoms with Crippen LogP contribution in [0.3, 0.4) is 0 Å². The number of Topliss-reactive ketones (excluding diaryl/α,β-unsaturated/α-hetero) is 1. The van der Waals surface area contributed by atoms with Crippen LogP contribution < -0.4 is 0 Å². The number of hydrogen-bond acceptors (Lipinski definition) is 2. The number of likely N-dealkylation sites (tertiary alicyclic amines) is 1. The molecule has 0 radical (unpaired) electrons. The largest absolute Gasteiger partial charge is 0.332 e. The van der Waals surface area contributed by atoms with E-state index in [1.54, 1.807) is 4.90 Å². The summed E-state index contributed by atoms with van der Waals surface area (Å²) >= 11 is 0. The van der Waals surface area contributed by atoms with Gasteiger partial charge in [-0.25, -0.2) is 0 Å². The first-order chi connectivity index (χ1) is 9.04. The average Bonchev–Trinajstić information content (AvgIpc) is 2.86. The average molecular weight is 259 g/mol. The predicted octanol–water partition coefficient (Wildman–Crippen LogP) is 2.89. The van der Waals surface area contributed by atoms with Crippen LogP contribution in [0.15, 0.2) is 18.2 Å². The molecule has 3 nitrogen and oxygen atoms in total. The summed E-state index contributed by atoms with van der Waals surface area (Å²) in [7, 11) is 0. The van der Waals surface area contributed by atoms with Gasteiger partial charge in [0.25, 0.3) is 0 Å². The van der Waals surface area contributed by atoms with Gasteiger partial charge in [0, 0.05) is 18.5 Å². The van der Waals surface area contributed by atoms with Crippen molar-refractivity contribution in [1.82, 2.24) is 4.90 Å². The molecule has 19 heavy (non-hydrogen) atoms. The Balaban J connectivity index is 2.25. The van der Waals surface area contributed by atoms with Crippen molar-refractivity contribution >= 4 is 11.7 Å². The standard InChI is InChI=1S/C16H21NO2/c1-4-15(18)17-9-5-6-14(17)16(19)13-8-7-11(2)10-12(13)3/h7-8,10,14H,4-6,9H2,1-3H3. The Morgan fingerprint density at radius 2 is 2.05 bits per heavy atom. The Morgan fingerprint density at radius 3 is 2.68 bits per heavy atom. The van der Waals surface area contributed by atoms with Crippen LogP contribution in [0.2, 0.25) is 0 Å². The summed E-state index contributed by atoms with van der Waals surface area (Å²) in [6, 6.07) is 5.61. The molecule has 0 aromatic heterocycles. The third-order valence-electron chi connectivity index (χ3n) is 3.83. The molecule has 1 aliphatic heterocycles. The summed E-state index contributed by atoms with van der Waals surface area (Å²) in [5.41, 5.74) is 2.91. The van der Waals surface area contributed by atoms with Crippen molar-refractivity contribution in [2.75, 3.05) is 6.54 Å². The van der Waals surface area contributed by atoms with Crippen LogP contribution in [0, 0.1) is 13.8 Å². The molecule has 1 aromatic rings. The van der Waals surface area contributed by atoms with E-state index < -0.39 is 0 Å². The quantitative estimate of drug-likeness (QED) is 0.783. The van der Waals surface area contributed by atoms with E-state index in [0.717, 1.165) is 29.5 Å². The number of ketones is 1. The number of benzene rings is 1. The number of hydrogen-bond donors (Lipinski definition) is 0. The van der Waals surface area contributed by atoms with E-state index >= 15 is 0 Å². The van der Waals surface area contributed by atoms with Crippen LogP contribution >= 0.6 is 0 Å². The minimum atomic E-state index is -0.256. The Hall–Kier alpha value is -1.64. The summed E-state index contributed by atoms with van der Waals surface area (Å²) in [6.07, 6.45) is 2.18. The van der Waals surface area contributed by atoms with E-state index in [0.29, 0.717) is 13.0 Å². The molecule has 1 fully saturated rings. The van der Waals surface area contributed by atoms with E-state index in [-0.39, 0.29) is 17.7 Å². The summed E-state index contributed by atoms with van der Waals surface area (Å²) in [5.74, 6) is 0.178. The van der Waals surface area contributed by atoms with Gasteiger partial charge in [0.05, 0.1) is 6.04 Å². The minimum Gasteiger partial charge on any atom is -0.332 e. The van der Waals surface area contributed by atoms with Gasteiger partial charge in [-0.05, 0) is 32.3 Å². The highest BCUT2D eigenvalue weighted by Crippen LogP contribution is 2.23. The number of nitrogens with zero attached hydrogens (tertiary/aromatic N) is 1. The lowest BCUT2D eigenvalue weighted by Gasteiger charge is -2.23. The highest BCUT2D eigenvalue weighted by molar-refractivity contribution is 6.03. The van der Waals surface area contributed by atoms with Gasteiger partial charge < -0.3 is 4.90 Å². The number of carbonyl (C=O) groups is 2. The second kappa shape index (κ2) is 5.55. The highest BCUT2D eigenvalue weighted by Gasteiger charge is 2.34. The zero-order chi connectivity index (χ0) is 14.0. The molecular weight excluding hydrogens is 238 g/mol. The van der Waals surface area contributed by atoms with Gasteiger partial charge in [-0.3, -0.25) is 9.59 Å². The molecule has 102 valence electrons. The third-order valence-corrected chi connectivity index (χ3v) is 3.83. The third kappa shape index (κ3) is 2.70. The topological polar surface area (TPSA) is 37.4 Å². The van der Waals surface area contributed by atoms with Crippen molar-refractivity contribution in [3.05, 3.63) is 34.9 Å². The van der Waals surface area contributed by atoms with Gasteiger partial charge >= 0.3 is 0 Å². The zero-order valence-electron chi connectivity index (χ0n) is 11.9. The molecule has 1 unspecified atom stereocenters. The number of carbonyl (C=O) groups excluding carboxylic acids is 2. The second-order valence-corrected chi connectivity index (χ2v) is 5.28. The smallest absolute Gasteiger partial charge is 0.222 e. The molecule has 3 heteroatoms. The molecule has 0 N–H and O–H groups in total. The van der Waals surface area contributed by atoms with Crippen LogP contribution in [-0.4, -0.2) is 29.2 Å². The molecule has 1 saturated heterocycles. The number of amides is 1. The van der Waals surface area contributed by atoms with E-state index in [2.05, 4.69) is 0 Å². The van der Waals surface area contributed by atoms with Crippen molar-refractivity contribution in [3.63, 3.8) is 0 Å². The lowest BCUT2D eigenvalue weighted by Crippen LogP contribution is -2.40. The molecule has 0 bridgehead atoms. The van der Waals surface area contributed by atoms with Crippen molar-refractivity contribution in [3.8, 4) is 0 Å². The van der Waals surface area contributed by atoms with Gasteiger partial charge in [-0.2, -0.15) is 0 Å². The molecule has 1 aromatic carbocycles. The van der Waals surface area contributed by atoms with Crippen molar-refractivity contribution < 1.29 is 9.59 Å². The van der Waals surface area contributed by atoms with Crippen molar-refractivity contribution in [2.45, 2.75) is 46.1 Å². The fourth-order valence-electron chi connectivity index (χ4n) is 2.81. The molecule has 1 atom stereocenters. The van der Waals surface area contributed by atoms with Gasteiger partial charge in [0.1, 0.15) is 0 Å². The summed E-state index contributed by atoms with van der Waals surface area (Å²) < 4.78 is 0.